The topological polar surface area (TPSA) is 0 Å². The number of hydrogen-bond donors (Lipinski definition) is 0. The van der Waals surface area contributed by atoms with Gasteiger partial charge in [-0.15, -0.1) is 0 Å². The summed E-state index contributed by atoms with van der Waals surface area (Å²) in [6.45, 7) is 16.4. The van der Waals surface area contributed by atoms with Crippen LogP contribution in [0.1, 0.15) is 70.1 Å². The maximum atomic E-state index is 2.55. The monoisotopic (exact) mass is 478 g/mol. The minimum absolute atomic E-state index is 0. The zero-order valence-electron chi connectivity index (χ0n) is 17.8. The molecule has 0 aliphatic heterocycles. The first kappa shape index (κ1) is 29.7. The molecule has 5 heteroatoms. The van der Waals surface area contributed by atoms with Gasteiger partial charge in [-0.25, -0.2) is 0 Å². The van der Waals surface area contributed by atoms with Gasteiger partial charge in [0, 0.05) is 0 Å². The zero-order chi connectivity index (χ0) is 18.1. The van der Waals surface area contributed by atoms with Crippen LogP contribution in [0.2, 0.25) is 5.04 Å². The Kier molecular flexibility index (Phi) is 13.5. The molecule has 0 saturated carbocycles. The molecule has 1 unspecified atom stereocenters. The molecule has 0 amide bonds. The van der Waals surface area contributed by atoms with Gasteiger partial charge in [-0.2, -0.15) is 0 Å². The summed E-state index contributed by atoms with van der Waals surface area (Å²) in [5, 5.41) is 2.03. The Balaban J connectivity index is 0. The van der Waals surface area contributed by atoms with Gasteiger partial charge in [0.05, 0.1) is 0 Å². The molecule has 0 spiro atoms. The SMILES string of the molecule is CCCCCC1=C(C)C(C)=[C]([Ti+3])C1(C)[SiH2]c1c(C)cc(C)cc1C.[Cl-].[Cl-].[Cl-]. The molecule has 0 bridgehead atoms. The molecule has 1 atom stereocenters. The molecule has 0 N–H and O–H groups in total. The van der Waals surface area contributed by atoms with E-state index in [0.717, 1.165) is 0 Å². The molecule has 0 fully saturated rings. The predicted octanol–water partition coefficient (Wildman–Crippen LogP) is -3.67. The van der Waals surface area contributed by atoms with E-state index in [1.54, 1.807) is 25.8 Å². The van der Waals surface area contributed by atoms with Crippen molar-refractivity contribution in [3.63, 3.8) is 0 Å². The molecule has 0 heterocycles. The van der Waals surface area contributed by atoms with Crippen molar-refractivity contribution in [1.29, 1.82) is 0 Å². The van der Waals surface area contributed by atoms with Gasteiger partial charge in [0.25, 0.3) is 0 Å². The molecule has 150 valence electrons. The fourth-order valence-electron chi connectivity index (χ4n) is 4.44. The van der Waals surface area contributed by atoms with Crippen LogP contribution in [0, 0.1) is 20.8 Å². The molecule has 0 radical (unpaired) electrons. The van der Waals surface area contributed by atoms with Gasteiger partial charge in [0.15, 0.2) is 0 Å². The van der Waals surface area contributed by atoms with Crippen molar-refractivity contribution < 1.29 is 57.7 Å². The average Bonchev–Trinajstić information content (AvgIpc) is 2.66. The third-order valence-corrected chi connectivity index (χ3v) is 11.0. The molecule has 1 aliphatic rings. The number of allylic oxidation sites excluding steroid dienone is 4. The molecular formula is C22H33Cl3SiTi. The number of rotatable bonds is 6. The first-order valence-corrected chi connectivity index (χ1v) is 11.6. The van der Waals surface area contributed by atoms with Crippen molar-refractivity contribution in [1.82, 2.24) is 0 Å². The standard InChI is InChI=1S/C22H33Si.3ClH.Ti/c1-8-9-10-11-20-19(6)18(5)14-22(20,7)23-21-16(3)12-15(2)13-17(21)4;;;;/h12-13H,8-11,23H2,1-7H3;3*1H;/q;;;;+3/p-3. The maximum Gasteiger partial charge on any atom is -1.00 e. The minimum Gasteiger partial charge on any atom is -1.00 e. The fourth-order valence-corrected chi connectivity index (χ4v) is 7.95. The summed E-state index contributed by atoms with van der Waals surface area (Å²) in [5.41, 5.74) is 9.36. The van der Waals surface area contributed by atoms with Gasteiger partial charge in [-0.1, -0.05) is 0 Å². The van der Waals surface area contributed by atoms with E-state index in [4.69, 9.17) is 0 Å². The van der Waals surface area contributed by atoms with E-state index in [9.17, 15) is 0 Å². The third-order valence-electron chi connectivity index (χ3n) is 6.01. The number of halogens is 3. The Bertz CT molecular complexity index is 687. The van der Waals surface area contributed by atoms with E-state index in [1.165, 1.54) is 42.4 Å². The van der Waals surface area contributed by atoms with Crippen molar-refractivity contribution in [3.05, 3.63) is 49.4 Å². The second kappa shape index (κ2) is 12.3. The van der Waals surface area contributed by atoms with Crippen molar-refractivity contribution >= 4 is 14.7 Å². The van der Waals surface area contributed by atoms with Crippen LogP contribution in [0.25, 0.3) is 0 Å². The Morgan fingerprint density at radius 2 is 1.41 bits per heavy atom. The van der Waals surface area contributed by atoms with E-state index in [0.29, 0.717) is 5.04 Å². The smallest absolute Gasteiger partial charge is 1.00 e. The Morgan fingerprint density at radius 3 is 1.89 bits per heavy atom. The maximum absolute atomic E-state index is 2.55. The number of aryl methyl sites for hydroxylation is 3. The van der Waals surface area contributed by atoms with Gasteiger partial charge in [0.1, 0.15) is 0 Å². The number of unbranched alkanes of at least 4 members (excludes halogenated alkanes) is 2. The van der Waals surface area contributed by atoms with Gasteiger partial charge >= 0.3 is 164 Å². The quantitative estimate of drug-likeness (QED) is 0.291. The molecule has 1 aliphatic carbocycles. The summed E-state index contributed by atoms with van der Waals surface area (Å²) in [6.07, 6.45) is 5.30. The zero-order valence-corrected chi connectivity index (χ0v) is 23.1. The van der Waals surface area contributed by atoms with Crippen molar-refractivity contribution in [2.45, 2.75) is 79.2 Å². The van der Waals surface area contributed by atoms with Crippen LogP contribution in [-0.4, -0.2) is 9.52 Å². The molecule has 2 rings (SSSR count). The first-order chi connectivity index (χ1) is 11.2. The normalized spacial score (nSPS) is 19.3. The third kappa shape index (κ3) is 6.24. The van der Waals surface area contributed by atoms with E-state index >= 15 is 0 Å². The Labute approximate surface area is 199 Å². The molecule has 27 heavy (non-hydrogen) atoms. The summed E-state index contributed by atoms with van der Waals surface area (Å²) in [5.74, 6) is 0. The van der Waals surface area contributed by atoms with Crippen molar-refractivity contribution in [2.24, 2.45) is 0 Å². The van der Waals surface area contributed by atoms with Crippen LogP contribution in [0.15, 0.2) is 32.7 Å². The molecule has 1 aromatic rings. The second-order valence-electron chi connectivity index (χ2n) is 7.95. The van der Waals surface area contributed by atoms with E-state index in [1.807, 2.05) is 0 Å². The summed E-state index contributed by atoms with van der Waals surface area (Å²) < 4.78 is 1.65. The van der Waals surface area contributed by atoms with E-state index in [2.05, 4.69) is 81.0 Å². The van der Waals surface area contributed by atoms with Crippen LogP contribution in [-0.2, 0) is 20.4 Å². The predicted molar refractivity (Wildman–Crippen MR) is 107 cm³/mol. The second-order valence-corrected chi connectivity index (χ2v) is 11.2. The first-order valence-electron chi connectivity index (χ1n) is 9.42. The van der Waals surface area contributed by atoms with Crippen molar-refractivity contribution in [3.8, 4) is 0 Å². The Morgan fingerprint density at radius 1 is 0.889 bits per heavy atom. The van der Waals surface area contributed by atoms with Crippen LogP contribution in [0.3, 0.4) is 0 Å². The van der Waals surface area contributed by atoms with E-state index in [-0.39, 0.29) is 37.2 Å². The van der Waals surface area contributed by atoms with Gasteiger partial charge in [0.2, 0.25) is 0 Å². The Hall–Kier alpha value is 0.501. The summed E-state index contributed by atoms with van der Waals surface area (Å²) >= 11 is 2.40. The van der Waals surface area contributed by atoms with Crippen LogP contribution >= 0.6 is 0 Å². The van der Waals surface area contributed by atoms with Gasteiger partial charge < -0.3 is 37.2 Å². The van der Waals surface area contributed by atoms with Gasteiger partial charge in [-0.3, -0.25) is 0 Å². The largest absolute Gasteiger partial charge is 1.00 e. The van der Waals surface area contributed by atoms with Crippen molar-refractivity contribution in [2.75, 3.05) is 0 Å². The molecule has 0 aromatic heterocycles. The number of benzene rings is 1. The average molecular weight is 480 g/mol. The fraction of sp³-hybridized carbons (Fsp3) is 0.545. The number of hydrogen-bond acceptors (Lipinski definition) is 0. The van der Waals surface area contributed by atoms with E-state index < -0.39 is 9.52 Å². The molecule has 1 aromatic carbocycles. The molecular weight excluding hydrogens is 447 g/mol. The molecule has 0 nitrogen and oxygen atoms in total. The van der Waals surface area contributed by atoms with Crippen LogP contribution < -0.4 is 42.4 Å². The van der Waals surface area contributed by atoms with Crippen LogP contribution in [0.4, 0.5) is 0 Å². The summed E-state index contributed by atoms with van der Waals surface area (Å²) in [4.78, 5) is 0. The summed E-state index contributed by atoms with van der Waals surface area (Å²) in [6, 6.07) is 4.76. The summed E-state index contributed by atoms with van der Waals surface area (Å²) in [7, 11) is -0.414. The molecule has 0 saturated heterocycles. The van der Waals surface area contributed by atoms with Crippen LogP contribution in [0.5, 0.6) is 0 Å². The minimum atomic E-state index is -0.414. The van der Waals surface area contributed by atoms with Gasteiger partial charge in [-0.05, 0) is 0 Å².